The summed E-state index contributed by atoms with van der Waals surface area (Å²) >= 11 is 0. The number of imide groups is 1. The zero-order chi connectivity index (χ0) is 51.4. The highest BCUT2D eigenvalue weighted by Gasteiger charge is 2.46. The van der Waals surface area contributed by atoms with Crippen molar-refractivity contribution in [3.63, 3.8) is 0 Å². The van der Waals surface area contributed by atoms with Gasteiger partial charge in [0.2, 0.25) is 35.4 Å². The highest BCUT2D eigenvalue weighted by Crippen LogP contribution is 2.46. The van der Waals surface area contributed by atoms with Gasteiger partial charge in [0.25, 0.3) is 17.4 Å². The molecule has 1 aliphatic carbocycles. The van der Waals surface area contributed by atoms with Crippen LogP contribution in [0.2, 0.25) is 0 Å². The van der Waals surface area contributed by atoms with Gasteiger partial charge in [-0.05, 0) is 60.9 Å². The standard InChI is InChI=1S/C50H52FN9O12/c1-3-50(71)31-19-36-46-29(24-60(36)48(69)30(31)25-72-49(50)70)45-33(12-11-28-26(2)32(51)20-34(58-46)44(28)45)56-38(62)15-16-52-39(63)22-55-47(68)35(18-27-8-5-4-6-9-27)57-41(65)23-54-40(64)21-53-37(61)10-7-17-59-42(66)13-14-43(59)67/h4-6,8-9,13-14,19-20,33,35,71H,3,7,10-12,15-18,21-25H2,1-2H3,(H,52,63)(H,53,61)(H,54,64)(H,55,68)(H,56,62)(H,57,65)/t33-,35-,50-/m0/s1. The van der Waals surface area contributed by atoms with E-state index in [0.717, 1.165) is 22.6 Å². The predicted molar refractivity (Wildman–Crippen MR) is 252 cm³/mol. The first-order valence-corrected chi connectivity index (χ1v) is 23.5. The molecule has 72 heavy (non-hydrogen) atoms. The van der Waals surface area contributed by atoms with Gasteiger partial charge < -0.3 is 46.3 Å². The topological polar surface area (TPSA) is 293 Å². The maximum Gasteiger partial charge on any atom is 0.343 e. The number of fused-ring (bicyclic) bond motifs is 5. The maximum absolute atomic E-state index is 15.4. The number of nitrogens with one attached hydrogen (secondary N) is 6. The summed E-state index contributed by atoms with van der Waals surface area (Å²) in [5.41, 5.74) is 1.91. The fourth-order valence-electron chi connectivity index (χ4n) is 9.50. The fraction of sp³-hybridized carbons (Fsp3) is 0.380. The number of benzene rings is 2. The number of ether oxygens (including phenoxy) is 1. The largest absolute Gasteiger partial charge is 0.458 e. The average molecular weight is 990 g/mol. The lowest BCUT2D eigenvalue weighted by atomic mass is 9.81. The van der Waals surface area contributed by atoms with E-state index in [0.29, 0.717) is 57.4 Å². The number of rotatable bonds is 19. The van der Waals surface area contributed by atoms with Crippen molar-refractivity contribution in [2.75, 3.05) is 32.7 Å². The van der Waals surface area contributed by atoms with Gasteiger partial charge in [0.1, 0.15) is 18.5 Å². The van der Waals surface area contributed by atoms with Gasteiger partial charge in [0.15, 0.2) is 5.60 Å². The first-order valence-electron chi connectivity index (χ1n) is 23.5. The Labute approximate surface area is 410 Å². The van der Waals surface area contributed by atoms with E-state index in [2.05, 4.69) is 31.9 Å². The van der Waals surface area contributed by atoms with Crippen LogP contribution in [0.25, 0.3) is 22.3 Å². The molecule has 0 unspecified atom stereocenters. The van der Waals surface area contributed by atoms with Crippen LogP contribution in [-0.4, -0.2) is 112 Å². The molecular weight excluding hydrogens is 938 g/mol. The molecule has 0 saturated carbocycles. The van der Waals surface area contributed by atoms with Gasteiger partial charge in [-0.1, -0.05) is 37.3 Å². The van der Waals surface area contributed by atoms with Crippen LogP contribution in [0, 0.1) is 12.7 Å². The van der Waals surface area contributed by atoms with Crippen LogP contribution in [-0.2, 0) is 79.5 Å². The predicted octanol–water partition coefficient (Wildman–Crippen LogP) is -0.0818. The van der Waals surface area contributed by atoms with Gasteiger partial charge in [-0.3, -0.25) is 48.1 Å². The summed E-state index contributed by atoms with van der Waals surface area (Å²) in [4.78, 5) is 133. The molecule has 3 atom stereocenters. The van der Waals surface area contributed by atoms with Gasteiger partial charge >= 0.3 is 5.97 Å². The minimum absolute atomic E-state index is 0.0329. The molecule has 5 heterocycles. The molecule has 0 radical (unpaired) electrons. The highest BCUT2D eigenvalue weighted by molar-refractivity contribution is 6.12. The van der Waals surface area contributed by atoms with Crippen LogP contribution in [0.1, 0.15) is 84.0 Å². The van der Waals surface area contributed by atoms with Crippen molar-refractivity contribution in [2.45, 2.75) is 89.6 Å². The highest BCUT2D eigenvalue weighted by atomic mass is 19.1. The summed E-state index contributed by atoms with van der Waals surface area (Å²) in [6, 6.07) is 9.85. The second kappa shape index (κ2) is 21.1. The number of carbonyl (C=O) groups excluding carboxylic acids is 9. The molecular formula is C50H52FN9O12. The summed E-state index contributed by atoms with van der Waals surface area (Å²) < 4.78 is 22.1. The summed E-state index contributed by atoms with van der Waals surface area (Å²) in [6.07, 6.45) is 3.01. The second-order valence-electron chi connectivity index (χ2n) is 17.9. The number of cyclic esters (lactones) is 1. The molecule has 376 valence electrons. The number of aromatic nitrogens is 2. The maximum atomic E-state index is 15.4. The van der Waals surface area contributed by atoms with E-state index >= 15 is 4.39 Å². The van der Waals surface area contributed by atoms with E-state index in [4.69, 9.17) is 9.72 Å². The SMILES string of the molecule is CC[C@@]1(O)C(=O)OCc2c1cc1n(c2=O)Cc2c-1nc1cc(F)c(C)c3c1c2[C@@H](NC(=O)CCNC(=O)CNC(=O)[C@H](Cc1ccccc1)NC(=O)CNC(=O)CNC(=O)CCCN1C(=O)C=CC1=O)CC3. The van der Waals surface area contributed by atoms with Crippen molar-refractivity contribution in [3.05, 3.63) is 110 Å². The molecule has 2 aromatic carbocycles. The number of carbonyl (C=O) groups is 9. The van der Waals surface area contributed by atoms with Gasteiger partial charge in [0.05, 0.1) is 54.7 Å². The van der Waals surface area contributed by atoms with E-state index in [1.807, 2.05) is 0 Å². The second-order valence-corrected chi connectivity index (χ2v) is 17.9. The van der Waals surface area contributed by atoms with E-state index in [1.165, 1.54) is 10.6 Å². The van der Waals surface area contributed by atoms with Gasteiger partial charge in [-0.2, -0.15) is 0 Å². The Bertz CT molecular complexity index is 3030. The number of aryl methyl sites for hydroxylation is 1. The quantitative estimate of drug-likeness (QED) is 0.0422. The van der Waals surface area contributed by atoms with E-state index in [1.54, 1.807) is 50.2 Å². The number of hydrogen-bond donors (Lipinski definition) is 7. The van der Waals surface area contributed by atoms with Gasteiger partial charge in [-0.15, -0.1) is 0 Å². The summed E-state index contributed by atoms with van der Waals surface area (Å²) in [5, 5.41) is 27.5. The number of nitrogens with zero attached hydrogens (tertiary/aromatic N) is 3. The van der Waals surface area contributed by atoms with Crippen molar-refractivity contribution in [2.24, 2.45) is 0 Å². The van der Waals surface area contributed by atoms with Crippen molar-refractivity contribution in [1.29, 1.82) is 0 Å². The van der Waals surface area contributed by atoms with Crippen LogP contribution >= 0.6 is 0 Å². The first-order chi connectivity index (χ1) is 34.5. The average Bonchev–Trinajstić information content (AvgIpc) is 3.90. The number of halogens is 1. The zero-order valence-corrected chi connectivity index (χ0v) is 39.4. The monoisotopic (exact) mass is 989 g/mol. The normalized spacial score (nSPS) is 17.6. The third-order valence-electron chi connectivity index (χ3n) is 13.3. The molecule has 0 fully saturated rings. The van der Waals surface area contributed by atoms with Crippen LogP contribution in [0.4, 0.5) is 4.39 Å². The van der Waals surface area contributed by atoms with Crippen molar-refractivity contribution in [1.82, 2.24) is 46.4 Å². The summed E-state index contributed by atoms with van der Waals surface area (Å²) in [5.74, 6) is -5.96. The number of pyridine rings is 2. The Hall–Kier alpha value is -8.14. The van der Waals surface area contributed by atoms with Crippen LogP contribution in [0.15, 0.2) is 59.4 Å². The van der Waals surface area contributed by atoms with Crippen LogP contribution < -0.4 is 37.5 Å². The Morgan fingerprint density at radius 3 is 2.29 bits per heavy atom. The molecule has 2 aromatic heterocycles. The summed E-state index contributed by atoms with van der Waals surface area (Å²) in [6.45, 7) is 1.44. The third-order valence-corrected chi connectivity index (χ3v) is 13.3. The minimum atomic E-state index is -2.05. The molecule has 22 heteroatoms. The molecule has 8 amide bonds. The lowest BCUT2D eigenvalue weighted by molar-refractivity contribution is -0.172. The van der Waals surface area contributed by atoms with Gasteiger partial charge in [0, 0.05) is 67.1 Å². The molecule has 0 spiro atoms. The van der Waals surface area contributed by atoms with Crippen molar-refractivity contribution >= 4 is 64.1 Å². The smallest absolute Gasteiger partial charge is 0.343 e. The third kappa shape index (κ3) is 10.3. The number of esters is 1. The Morgan fingerprint density at radius 2 is 1.56 bits per heavy atom. The van der Waals surface area contributed by atoms with E-state index in [9.17, 15) is 53.1 Å². The Balaban J connectivity index is 0.846. The Kier molecular flexibility index (Phi) is 14.7. The lowest BCUT2D eigenvalue weighted by Gasteiger charge is -2.31. The fourth-order valence-corrected chi connectivity index (χ4v) is 9.50. The number of aliphatic hydroxyl groups is 1. The summed E-state index contributed by atoms with van der Waals surface area (Å²) in [7, 11) is 0. The minimum Gasteiger partial charge on any atom is -0.458 e. The number of hydrogen-bond acceptors (Lipinski definition) is 13. The van der Waals surface area contributed by atoms with E-state index in [-0.39, 0.29) is 69.5 Å². The molecule has 4 aliphatic rings. The molecule has 21 nitrogen and oxygen atoms in total. The Morgan fingerprint density at radius 1 is 0.861 bits per heavy atom. The molecule has 8 rings (SSSR count). The van der Waals surface area contributed by atoms with Crippen LogP contribution in [0.3, 0.4) is 0 Å². The lowest BCUT2D eigenvalue weighted by Crippen LogP contribution is -2.52. The van der Waals surface area contributed by atoms with Crippen molar-refractivity contribution in [3.8, 4) is 11.4 Å². The number of amides is 8. The van der Waals surface area contributed by atoms with Gasteiger partial charge in [-0.25, -0.2) is 14.2 Å². The molecule has 0 saturated heterocycles. The zero-order valence-electron chi connectivity index (χ0n) is 39.4. The molecule has 3 aliphatic heterocycles. The van der Waals surface area contributed by atoms with Crippen LogP contribution in [0.5, 0.6) is 0 Å². The van der Waals surface area contributed by atoms with Crippen molar-refractivity contribution < 1.29 is 57.4 Å². The molecule has 0 bridgehead atoms. The molecule has 4 aromatic rings. The van der Waals surface area contributed by atoms with E-state index < -0.39 is 102 Å². The first kappa shape index (κ1) is 50.3. The molecule has 7 N–H and O–H groups in total.